The Kier molecular flexibility index (Phi) is 3.62. The maximum absolute atomic E-state index is 13.5. The number of amides is 2. The van der Waals surface area contributed by atoms with Gasteiger partial charge in [-0.15, -0.1) is 0 Å². The molecule has 1 aliphatic rings. The average molecular weight is 310 g/mol. The second-order valence-electron chi connectivity index (χ2n) is 4.51. The highest BCUT2D eigenvalue weighted by atomic mass is 19.4. The van der Waals surface area contributed by atoms with Gasteiger partial charge in [-0.1, -0.05) is 0 Å². The lowest BCUT2D eigenvalue weighted by molar-refractivity contribution is -0.184. The van der Waals surface area contributed by atoms with Crippen molar-refractivity contribution in [1.82, 2.24) is 15.6 Å². The van der Waals surface area contributed by atoms with Crippen molar-refractivity contribution >= 4 is 11.8 Å². The van der Waals surface area contributed by atoms with Crippen LogP contribution in [0.2, 0.25) is 0 Å². The Labute approximate surface area is 122 Å². The molecule has 0 fully saturated rings. The Hall–Kier alpha value is -2.89. The van der Waals surface area contributed by atoms with Gasteiger partial charge in [0.1, 0.15) is 0 Å². The lowest BCUT2D eigenvalue weighted by Crippen LogP contribution is -2.64. The maximum atomic E-state index is 13.5. The molecule has 0 saturated carbocycles. The highest BCUT2D eigenvalue weighted by Gasteiger charge is 2.67. The van der Waals surface area contributed by atoms with Crippen LogP contribution in [-0.4, -0.2) is 28.5 Å². The molecule has 0 bridgehead atoms. The van der Waals surface area contributed by atoms with Gasteiger partial charge < -0.3 is 10.6 Å². The third-order valence-electron chi connectivity index (χ3n) is 3.15. The minimum absolute atomic E-state index is 0.166. The van der Waals surface area contributed by atoms with Gasteiger partial charge in [0.2, 0.25) is 0 Å². The quantitative estimate of drug-likeness (QED) is 0.853. The highest BCUT2D eigenvalue weighted by Crippen LogP contribution is 2.40. The van der Waals surface area contributed by atoms with Gasteiger partial charge in [0.05, 0.1) is 17.2 Å². The molecule has 1 aliphatic heterocycles. The molecule has 22 heavy (non-hydrogen) atoms. The van der Waals surface area contributed by atoms with Gasteiger partial charge in [0.15, 0.2) is 0 Å². The summed E-state index contributed by atoms with van der Waals surface area (Å²) in [4.78, 5) is 27.5. The monoisotopic (exact) mass is 310 g/mol. The summed E-state index contributed by atoms with van der Waals surface area (Å²) in [5, 5.41) is 12.5. The van der Waals surface area contributed by atoms with Crippen molar-refractivity contribution in [2.75, 3.05) is 0 Å². The van der Waals surface area contributed by atoms with E-state index in [1.54, 1.807) is 5.32 Å². The van der Waals surface area contributed by atoms with Crippen molar-refractivity contribution < 1.29 is 22.8 Å². The molecule has 2 N–H and O–H groups in total. The Morgan fingerprint density at radius 2 is 2.18 bits per heavy atom. The van der Waals surface area contributed by atoms with Crippen molar-refractivity contribution in [3.63, 3.8) is 0 Å². The number of allylic oxidation sites excluding steroid dienone is 1. The zero-order valence-electron chi connectivity index (χ0n) is 11.2. The fraction of sp³-hybridized carbons (Fsp3) is 0.231. The second-order valence-corrected chi connectivity index (χ2v) is 4.51. The summed E-state index contributed by atoms with van der Waals surface area (Å²) in [5.41, 5.74) is -4.71. The van der Waals surface area contributed by atoms with E-state index in [0.29, 0.717) is 0 Å². The van der Waals surface area contributed by atoms with Crippen LogP contribution < -0.4 is 10.6 Å². The minimum Gasteiger partial charge on any atom is -0.326 e. The van der Waals surface area contributed by atoms with Gasteiger partial charge >= 0.3 is 6.18 Å². The topological polar surface area (TPSA) is 94.9 Å². The number of halogens is 3. The van der Waals surface area contributed by atoms with Crippen molar-refractivity contribution in [2.24, 2.45) is 0 Å². The standard InChI is InChI=1S/C13H9F3N4O2/c1-7-9(5-17)12(11(22)19-7,13(14,15)16)20-10(21)8-3-2-4-18-6-8/h2-4,6H,1H3,(H,19,22)(H,20,21)/t12-/m1/s1. The number of carbonyl (C=O) groups is 2. The largest absolute Gasteiger partial charge is 0.425 e. The Balaban J connectivity index is 2.52. The molecule has 0 saturated heterocycles. The molecule has 0 radical (unpaired) electrons. The molecule has 0 spiro atoms. The van der Waals surface area contributed by atoms with Crippen LogP contribution in [0, 0.1) is 11.3 Å². The number of carbonyl (C=O) groups excluding carboxylic acids is 2. The smallest absolute Gasteiger partial charge is 0.326 e. The molecule has 6 nitrogen and oxygen atoms in total. The molecule has 2 heterocycles. The molecule has 1 aromatic rings. The Bertz CT molecular complexity index is 706. The summed E-state index contributed by atoms with van der Waals surface area (Å²) in [5.74, 6) is -2.69. The van der Waals surface area contributed by atoms with Crippen LogP contribution in [0.4, 0.5) is 13.2 Å². The molecular formula is C13H9F3N4O2. The normalized spacial score (nSPS) is 21.3. The van der Waals surface area contributed by atoms with Crippen LogP contribution in [0.1, 0.15) is 17.3 Å². The Morgan fingerprint density at radius 3 is 2.68 bits per heavy atom. The molecular weight excluding hydrogens is 301 g/mol. The first-order chi connectivity index (χ1) is 10.2. The number of aromatic nitrogens is 1. The predicted molar refractivity (Wildman–Crippen MR) is 66.9 cm³/mol. The minimum atomic E-state index is -5.18. The van der Waals surface area contributed by atoms with Gasteiger partial charge in [0, 0.05) is 18.1 Å². The third kappa shape index (κ3) is 2.18. The van der Waals surface area contributed by atoms with Crippen LogP contribution in [0.5, 0.6) is 0 Å². The van der Waals surface area contributed by atoms with E-state index in [9.17, 15) is 22.8 Å². The summed E-state index contributed by atoms with van der Waals surface area (Å²) in [6.07, 6.45) is -2.80. The number of nitrogens with one attached hydrogen (secondary N) is 2. The van der Waals surface area contributed by atoms with Crippen molar-refractivity contribution in [2.45, 2.75) is 18.6 Å². The zero-order chi connectivity index (χ0) is 16.5. The number of rotatable bonds is 2. The van der Waals surface area contributed by atoms with Gasteiger partial charge in [0.25, 0.3) is 17.4 Å². The average Bonchev–Trinajstić information content (AvgIpc) is 2.70. The van der Waals surface area contributed by atoms with Gasteiger partial charge in [-0.05, 0) is 19.1 Å². The molecule has 9 heteroatoms. The van der Waals surface area contributed by atoms with Gasteiger partial charge in [-0.2, -0.15) is 18.4 Å². The van der Waals surface area contributed by atoms with E-state index in [4.69, 9.17) is 5.26 Å². The second kappa shape index (κ2) is 5.14. The lowest BCUT2D eigenvalue weighted by Gasteiger charge is -2.30. The van der Waals surface area contributed by atoms with Crippen molar-refractivity contribution in [1.29, 1.82) is 5.26 Å². The molecule has 0 aromatic carbocycles. The van der Waals surface area contributed by atoms with Gasteiger partial charge in [-0.25, -0.2) is 0 Å². The van der Waals surface area contributed by atoms with E-state index < -0.39 is 29.1 Å². The van der Waals surface area contributed by atoms with Crippen molar-refractivity contribution in [3.05, 3.63) is 41.4 Å². The summed E-state index contributed by atoms with van der Waals surface area (Å²) in [7, 11) is 0. The lowest BCUT2D eigenvalue weighted by atomic mass is 9.90. The molecule has 0 unspecified atom stereocenters. The zero-order valence-corrected chi connectivity index (χ0v) is 11.2. The van der Waals surface area contributed by atoms with E-state index in [1.807, 2.05) is 5.32 Å². The van der Waals surface area contributed by atoms with E-state index in [0.717, 1.165) is 13.1 Å². The Morgan fingerprint density at radius 1 is 1.50 bits per heavy atom. The van der Waals surface area contributed by atoms with Gasteiger partial charge in [-0.3, -0.25) is 14.6 Å². The summed E-state index contributed by atoms with van der Waals surface area (Å²) < 4.78 is 40.4. The third-order valence-corrected chi connectivity index (χ3v) is 3.15. The number of nitriles is 1. The van der Waals surface area contributed by atoms with Crippen LogP contribution in [-0.2, 0) is 4.79 Å². The van der Waals surface area contributed by atoms with Crippen LogP contribution in [0.15, 0.2) is 35.8 Å². The molecule has 0 aliphatic carbocycles. The highest BCUT2D eigenvalue weighted by molar-refractivity contribution is 6.04. The SMILES string of the molecule is CC1=C(C#N)[C@](NC(=O)c2cccnc2)(C(F)(F)F)C(=O)N1. The summed E-state index contributed by atoms with van der Waals surface area (Å²) in [6.45, 7) is 1.15. The van der Waals surface area contributed by atoms with E-state index >= 15 is 0 Å². The molecule has 1 atom stereocenters. The number of alkyl halides is 3. The molecule has 2 amide bonds. The molecule has 1 aromatic heterocycles. The first kappa shape index (κ1) is 15.5. The predicted octanol–water partition coefficient (Wildman–Crippen LogP) is 1.04. The first-order valence-electron chi connectivity index (χ1n) is 5.96. The maximum Gasteiger partial charge on any atom is 0.425 e. The fourth-order valence-electron chi connectivity index (χ4n) is 2.09. The van der Waals surface area contributed by atoms with E-state index in [2.05, 4.69) is 4.98 Å². The van der Waals surface area contributed by atoms with Crippen molar-refractivity contribution in [3.8, 4) is 6.07 Å². The van der Waals surface area contributed by atoms with E-state index in [-0.39, 0.29) is 11.3 Å². The van der Waals surface area contributed by atoms with Crippen LogP contribution in [0.25, 0.3) is 0 Å². The fourth-order valence-corrected chi connectivity index (χ4v) is 2.09. The number of pyridine rings is 1. The summed E-state index contributed by atoms with van der Waals surface area (Å²) >= 11 is 0. The van der Waals surface area contributed by atoms with Crippen LogP contribution >= 0.6 is 0 Å². The number of hydrogen-bond acceptors (Lipinski definition) is 4. The number of nitrogens with zero attached hydrogens (tertiary/aromatic N) is 2. The first-order valence-corrected chi connectivity index (χ1v) is 5.96. The summed E-state index contributed by atoms with van der Waals surface area (Å²) in [6, 6.07) is 3.94. The van der Waals surface area contributed by atoms with E-state index in [1.165, 1.54) is 24.4 Å². The molecule has 2 rings (SSSR count). The molecule has 114 valence electrons. The van der Waals surface area contributed by atoms with Crippen LogP contribution in [0.3, 0.4) is 0 Å². The number of hydrogen-bond donors (Lipinski definition) is 2.